The van der Waals surface area contributed by atoms with Crippen LogP contribution in [0.3, 0.4) is 0 Å². The van der Waals surface area contributed by atoms with Crippen LogP contribution in [0.25, 0.3) is 0 Å². The molecule has 1 unspecified atom stereocenters. The summed E-state index contributed by atoms with van der Waals surface area (Å²) in [5, 5.41) is 10.5. The molecule has 0 saturated carbocycles. The zero-order valence-corrected chi connectivity index (χ0v) is 9.10. The van der Waals surface area contributed by atoms with Gasteiger partial charge in [-0.1, -0.05) is 13.8 Å². The molecule has 1 heterocycles. The lowest BCUT2D eigenvalue weighted by Gasteiger charge is -2.19. The summed E-state index contributed by atoms with van der Waals surface area (Å²) in [6.07, 6.45) is 1.58. The number of anilines is 1. The van der Waals surface area contributed by atoms with E-state index in [2.05, 4.69) is 15.5 Å². The molecule has 82 valence electrons. The Labute approximate surface area is 88.9 Å². The van der Waals surface area contributed by atoms with Crippen molar-refractivity contribution in [3.63, 3.8) is 0 Å². The average Bonchev–Trinajstić information content (AvgIpc) is 2.26. The molecule has 1 atom stereocenters. The van der Waals surface area contributed by atoms with Crippen molar-refractivity contribution in [2.45, 2.75) is 19.9 Å². The zero-order chi connectivity index (χ0) is 11.3. The number of nitrogens with zero attached hydrogens (tertiary/aromatic N) is 2. The monoisotopic (exact) mass is 209 g/mol. The summed E-state index contributed by atoms with van der Waals surface area (Å²) in [6, 6.07) is 3.11. The molecule has 1 aromatic rings. The van der Waals surface area contributed by atoms with E-state index in [4.69, 9.17) is 4.74 Å². The normalized spacial score (nSPS) is 12.3. The third kappa shape index (κ3) is 3.19. The van der Waals surface area contributed by atoms with Crippen molar-refractivity contribution in [1.82, 2.24) is 10.2 Å². The summed E-state index contributed by atoms with van der Waals surface area (Å²) in [7, 11) is 1.37. The minimum Gasteiger partial charge on any atom is -0.467 e. The van der Waals surface area contributed by atoms with Crippen LogP contribution in [0.1, 0.15) is 13.8 Å². The van der Waals surface area contributed by atoms with Crippen LogP contribution in [0.4, 0.5) is 5.82 Å². The van der Waals surface area contributed by atoms with Crippen LogP contribution in [-0.4, -0.2) is 29.3 Å². The molecule has 0 aromatic carbocycles. The smallest absolute Gasteiger partial charge is 0.328 e. The second kappa shape index (κ2) is 5.29. The van der Waals surface area contributed by atoms with Crippen molar-refractivity contribution in [2.75, 3.05) is 12.4 Å². The van der Waals surface area contributed by atoms with Gasteiger partial charge in [-0.15, -0.1) is 5.10 Å². The molecule has 0 radical (unpaired) electrons. The van der Waals surface area contributed by atoms with Crippen molar-refractivity contribution < 1.29 is 9.53 Å². The van der Waals surface area contributed by atoms with Gasteiger partial charge in [0.05, 0.1) is 7.11 Å². The number of hydrogen-bond donors (Lipinski definition) is 1. The predicted molar refractivity (Wildman–Crippen MR) is 56.3 cm³/mol. The SMILES string of the molecule is COC(=O)C(Nc1cccnn1)C(C)C. The van der Waals surface area contributed by atoms with Crippen LogP contribution in [0.2, 0.25) is 0 Å². The number of hydrogen-bond acceptors (Lipinski definition) is 5. The standard InChI is InChI=1S/C10H15N3O2/c1-7(2)9(10(14)15-3)12-8-5-4-6-11-13-8/h4-7,9H,1-3H3,(H,12,13). The van der Waals surface area contributed by atoms with Gasteiger partial charge in [0.2, 0.25) is 0 Å². The minimum atomic E-state index is -0.397. The Morgan fingerprint density at radius 2 is 2.27 bits per heavy atom. The molecule has 1 rings (SSSR count). The highest BCUT2D eigenvalue weighted by Gasteiger charge is 2.22. The molecule has 0 aliphatic heterocycles. The molecule has 5 heteroatoms. The molecule has 0 aliphatic rings. The predicted octanol–water partition coefficient (Wildman–Crippen LogP) is 1.09. The Morgan fingerprint density at radius 1 is 1.53 bits per heavy atom. The number of carbonyl (C=O) groups excluding carboxylic acids is 1. The van der Waals surface area contributed by atoms with Crippen LogP contribution in [0, 0.1) is 5.92 Å². The van der Waals surface area contributed by atoms with Gasteiger partial charge in [0, 0.05) is 6.20 Å². The Bertz CT molecular complexity index is 314. The summed E-state index contributed by atoms with van der Waals surface area (Å²) in [6.45, 7) is 3.87. The second-order valence-corrected chi connectivity index (χ2v) is 3.50. The van der Waals surface area contributed by atoms with E-state index in [1.165, 1.54) is 7.11 Å². The van der Waals surface area contributed by atoms with E-state index in [0.717, 1.165) is 0 Å². The van der Waals surface area contributed by atoms with Crippen LogP contribution in [-0.2, 0) is 9.53 Å². The van der Waals surface area contributed by atoms with Gasteiger partial charge in [-0.25, -0.2) is 4.79 Å². The van der Waals surface area contributed by atoms with Gasteiger partial charge < -0.3 is 10.1 Å². The Morgan fingerprint density at radius 3 is 2.73 bits per heavy atom. The molecule has 5 nitrogen and oxygen atoms in total. The molecule has 0 bridgehead atoms. The lowest BCUT2D eigenvalue weighted by molar-refractivity contribution is -0.142. The van der Waals surface area contributed by atoms with Gasteiger partial charge in [-0.2, -0.15) is 5.10 Å². The molecule has 0 saturated heterocycles. The highest BCUT2D eigenvalue weighted by Crippen LogP contribution is 2.10. The second-order valence-electron chi connectivity index (χ2n) is 3.50. The van der Waals surface area contributed by atoms with Crippen molar-refractivity contribution in [3.05, 3.63) is 18.3 Å². The molecule has 0 aliphatic carbocycles. The first-order chi connectivity index (χ1) is 7.15. The van der Waals surface area contributed by atoms with E-state index in [-0.39, 0.29) is 11.9 Å². The number of rotatable bonds is 4. The fourth-order valence-electron chi connectivity index (χ4n) is 1.16. The van der Waals surface area contributed by atoms with Crippen LogP contribution < -0.4 is 5.32 Å². The minimum absolute atomic E-state index is 0.124. The van der Waals surface area contributed by atoms with Gasteiger partial charge in [0.1, 0.15) is 11.9 Å². The Balaban J connectivity index is 2.72. The van der Waals surface area contributed by atoms with Crippen LogP contribution in [0.5, 0.6) is 0 Å². The third-order valence-electron chi connectivity index (χ3n) is 2.00. The summed E-state index contributed by atoms with van der Waals surface area (Å²) in [5.41, 5.74) is 0. The van der Waals surface area contributed by atoms with E-state index in [0.29, 0.717) is 5.82 Å². The van der Waals surface area contributed by atoms with Crippen molar-refractivity contribution in [1.29, 1.82) is 0 Å². The lowest BCUT2D eigenvalue weighted by atomic mass is 10.1. The van der Waals surface area contributed by atoms with E-state index in [9.17, 15) is 4.79 Å². The number of methoxy groups -OCH3 is 1. The highest BCUT2D eigenvalue weighted by atomic mass is 16.5. The number of aromatic nitrogens is 2. The maximum Gasteiger partial charge on any atom is 0.328 e. The maximum atomic E-state index is 11.4. The van der Waals surface area contributed by atoms with Gasteiger partial charge in [-0.3, -0.25) is 0 Å². The van der Waals surface area contributed by atoms with Gasteiger partial charge in [-0.05, 0) is 18.1 Å². The molecule has 15 heavy (non-hydrogen) atoms. The molecule has 0 amide bonds. The Hall–Kier alpha value is -1.65. The van der Waals surface area contributed by atoms with Gasteiger partial charge in [0.25, 0.3) is 0 Å². The number of nitrogens with one attached hydrogen (secondary N) is 1. The number of ether oxygens (including phenoxy) is 1. The fraction of sp³-hybridized carbons (Fsp3) is 0.500. The van der Waals surface area contributed by atoms with Gasteiger partial charge in [0.15, 0.2) is 0 Å². The molecule has 1 aromatic heterocycles. The summed E-state index contributed by atoms with van der Waals surface area (Å²) in [4.78, 5) is 11.4. The molecular weight excluding hydrogens is 194 g/mol. The maximum absolute atomic E-state index is 11.4. The first-order valence-electron chi connectivity index (χ1n) is 4.77. The van der Waals surface area contributed by atoms with Crippen LogP contribution >= 0.6 is 0 Å². The van der Waals surface area contributed by atoms with Crippen molar-refractivity contribution in [3.8, 4) is 0 Å². The molecule has 0 spiro atoms. The Kier molecular flexibility index (Phi) is 4.03. The van der Waals surface area contributed by atoms with E-state index < -0.39 is 6.04 Å². The number of esters is 1. The topological polar surface area (TPSA) is 64.1 Å². The number of carbonyl (C=O) groups is 1. The first-order valence-corrected chi connectivity index (χ1v) is 4.77. The molecular formula is C10H15N3O2. The fourth-order valence-corrected chi connectivity index (χ4v) is 1.16. The summed E-state index contributed by atoms with van der Waals surface area (Å²) >= 11 is 0. The van der Waals surface area contributed by atoms with Crippen LogP contribution in [0.15, 0.2) is 18.3 Å². The third-order valence-corrected chi connectivity index (χ3v) is 2.00. The molecule has 1 N–H and O–H groups in total. The molecule has 0 fully saturated rings. The summed E-state index contributed by atoms with van der Waals surface area (Å²) < 4.78 is 4.70. The van der Waals surface area contributed by atoms with Crippen molar-refractivity contribution >= 4 is 11.8 Å². The van der Waals surface area contributed by atoms with E-state index in [1.807, 2.05) is 13.8 Å². The quantitative estimate of drug-likeness (QED) is 0.752. The highest BCUT2D eigenvalue weighted by molar-refractivity contribution is 5.79. The van der Waals surface area contributed by atoms with Crippen molar-refractivity contribution in [2.24, 2.45) is 5.92 Å². The lowest BCUT2D eigenvalue weighted by Crippen LogP contribution is -2.35. The summed E-state index contributed by atoms with van der Waals surface area (Å²) in [5.74, 6) is 0.400. The zero-order valence-electron chi connectivity index (χ0n) is 9.10. The first kappa shape index (κ1) is 11.4. The average molecular weight is 209 g/mol. The van der Waals surface area contributed by atoms with E-state index in [1.54, 1.807) is 18.3 Å². The van der Waals surface area contributed by atoms with Gasteiger partial charge >= 0.3 is 5.97 Å². The van der Waals surface area contributed by atoms with E-state index >= 15 is 0 Å². The largest absolute Gasteiger partial charge is 0.467 e.